The summed E-state index contributed by atoms with van der Waals surface area (Å²) in [5, 5.41) is 12.0. The quantitative estimate of drug-likeness (QED) is 0.788. The number of nitrogens with one attached hydrogen (secondary N) is 1. The molecule has 0 amide bonds. The Morgan fingerprint density at radius 2 is 2.36 bits per heavy atom. The lowest BCUT2D eigenvalue weighted by Crippen LogP contribution is -2.05. The van der Waals surface area contributed by atoms with Gasteiger partial charge in [0, 0.05) is 6.54 Å². The maximum atomic E-state index is 8.79. The smallest absolute Gasteiger partial charge is 0.145 e. The molecule has 1 aliphatic rings. The van der Waals surface area contributed by atoms with Crippen molar-refractivity contribution in [3.8, 4) is 6.07 Å². The molecule has 0 saturated heterocycles. The number of nitriles is 1. The van der Waals surface area contributed by atoms with Crippen LogP contribution in [0.25, 0.3) is 0 Å². The first kappa shape index (κ1) is 9.01. The first-order chi connectivity index (χ1) is 6.79. The summed E-state index contributed by atoms with van der Waals surface area (Å²) in [6.45, 7) is 2.89. The summed E-state index contributed by atoms with van der Waals surface area (Å²) >= 11 is 0. The zero-order chi connectivity index (χ0) is 9.97. The number of hydrogen-bond acceptors (Lipinski definition) is 3. The van der Waals surface area contributed by atoms with Crippen molar-refractivity contribution in [2.45, 2.75) is 19.8 Å². The van der Waals surface area contributed by atoms with E-state index in [-0.39, 0.29) is 0 Å². The first-order valence-corrected chi connectivity index (χ1v) is 4.91. The minimum atomic E-state index is 0.519. The summed E-state index contributed by atoms with van der Waals surface area (Å²) in [5.74, 6) is 1.64. The Labute approximate surface area is 83.8 Å². The lowest BCUT2D eigenvalue weighted by atomic mass is 10.2. The average molecular weight is 187 g/mol. The third kappa shape index (κ3) is 2.02. The van der Waals surface area contributed by atoms with Gasteiger partial charge in [0.1, 0.15) is 17.6 Å². The van der Waals surface area contributed by atoms with E-state index in [1.54, 1.807) is 0 Å². The topological polar surface area (TPSA) is 48.7 Å². The van der Waals surface area contributed by atoms with E-state index in [9.17, 15) is 0 Å². The van der Waals surface area contributed by atoms with Crippen LogP contribution >= 0.6 is 0 Å². The van der Waals surface area contributed by atoms with Gasteiger partial charge in [-0.1, -0.05) is 6.07 Å². The molecule has 3 heteroatoms. The van der Waals surface area contributed by atoms with Gasteiger partial charge in [0.2, 0.25) is 0 Å². The normalized spacial score (nSPS) is 14.9. The Morgan fingerprint density at radius 3 is 3.00 bits per heavy atom. The first-order valence-electron chi connectivity index (χ1n) is 4.91. The number of aromatic nitrogens is 1. The Hall–Kier alpha value is -1.56. The van der Waals surface area contributed by atoms with Gasteiger partial charge in [-0.05, 0) is 37.3 Å². The van der Waals surface area contributed by atoms with E-state index >= 15 is 0 Å². The monoisotopic (exact) mass is 187 g/mol. The highest BCUT2D eigenvalue weighted by Gasteiger charge is 2.20. The van der Waals surface area contributed by atoms with E-state index in [2.05, 4.69) is 16.4 Å². The maximum Gasteiger partial charge on any atom is 0.145 e. The van der Waals surface area contributed by atoms with Gasteiger partial charge in [0.15, 0.2) is 0 Å². The summed E-state index contributed by atoms with van der Waals surface area (Å²) in [6, 6.07) is 5.95. The molecule has 0 atom stereocenters. The Balaban J connectivity index is 2.06. The molecule has 0 unspecified atom stereocenters. The minimum absolute atomic E-state index is 0.519. The van der Waals surface area contributed by atoms with Gasteiger partial charge < -0.3 is 5.32 Å². The summed E-state index contributed by atoms with van der Waals surface area (Å²) < 4.78 is 0. The van der Waals surface area contributed by atoms with Gasteiger partial charge >= 0.3 is 0 Å². The van der Waals surface area contributed by atoms with Crippen LogP contribution in [0, 0.1) is 24.2 Å². The Bertz CT molecular complexity index is 375. The summed E-state index contributed by atoms with van der Waals surface area (Å²) in [4.78, 5) is 4.22. The van der Waals surface area contributed by atoms with Gasteiger partial charge in [0.25, 0.3) is 0 Å². The van der Waals surface area contributed by atoms with Crippen molar-refractivity contribution in [2.75, 3.05) is 11.9 Å². The molecule has 3 nitrogen and oxygen atoms in total. The molecule has 1 N–H and O–H groups in total. The van der Waals surface area contributed by atoms with Crippen LogP contribution in [0.15, 0.2) is 12.1 Å². The van der Waals surface area contributed by atoms with Crippen LogP contribution < -0.4 is 5.32 Å². The SMILES string of the molecule is Cc1ccc(NCC2CC2)nc1C#N. The third-order valence-corrected chi connectivity index (χ3v) is 2.47. The average Bonchev–Trinajstić information content (AvgIpc) is 3.00. The summed E-state index contributed by atoms with van der Waals surface area (Å²) in [5.41, 5.74) is 1.45. The lowest BCUT2D eigenvalue weighted by Gasteiger charge is -2.05. The molecule has 2 rings (SSSR count). The molecule has 1 heterocycles. The fourth-order valence-corrected chi connectivity index (χ4v) is 1.31. The van der Waals surface area contributed by atoms with Crippen LogP contribution in [0.5, 0.6) is 0 Å². The number of hydrogen-bond donors (Lipinski definition) is 1. The zero-order valence-corrected chi connectivity index (χ0v) is 8.25. The number of nitrogens with zero attached hydrogens (tertiary/aromatic N) is 2. The second kappa shape index (κ2) is 3.67. The number of anilines is 1. The molecule has 1 aromatic rings. The highest BCUT2D eigenvalue weighted by atomic mass is 15.0. The van der Waals surface area contributed by atoms with E-state index in [4.69, 9.17) is 5.26 Å². The molecule has 72 valence electrons. The van der Waals surface area contributed by atoms with E-state index < -0.39 is 0 Å². The molecule has 0 spiro atoms. The molecular weight excluding hydrogens is 174 g/mol. The van der Waals surface area contributed by atoms with Gasteiger partial charge in [-0.15, -0.1) is 0 Å². The number of pyridine rings is 1. The molecule has 1 aromatic heterocycles. The highest BCUT2D eigenvalue weighted by molar-refractivity contribution is 5.42. The third-order valence-electron chi connectivity index (χ3n) is 2.47. The minimum Gasteiger partial charge on any atom is -0.370 e. The van der Waals surface area contributed by atoms with Gasteiger partial charge in [0.05, 0.1) is 0 Å². The van der Waals surface area contributed by atoms with E-state index in [0.29, 0.717) is 5.69 Å². The van der Waals surface area contributed by atoms with Crippen molar-refractivity contribution in [3.63, 3.8) is 0 Å². The lowest BCUT2D eigenvalue weighted by molar-refractivity contribution is 0.882. The van der Waals surface area contributed by atoms with Crippen LogP contribution in [0.1, 0.15) is 24.1 Å². The van der Waals surface area contributed by atoms with Gasteiger partial charge in [-0.25, -0.2) is 4.98 Å². The van der Waals surface area contributed by atoms with Crippen molar-refractivity contribution in [1.29, 1.82) is 5.26 Å². The molecule has 14 heavy (non-hydrogen) atoms. The van der Waals surface area contributed by atoms with Crippen molar-refractivity contribution < 1.29 is 0 Å². The summed E-state index contributed by atoms with van der Waals surface area (Å²) in [7, 11) is 0. The zero-order valence-electron chi connectivity index (χ0n) is 8.25. The molecule has 0 aromatic carbocycles. The van der Waals surface area contributed by atoms with Crippen LogP contribution in [0.2, 0.25) is 0 Å². The second-order valence-electron chi connectivity index (χ2n) is 3.80. The molecule has 0 aliphatic heterocycles. The Morgan fingerprint density at radius 1 is 1.57 bits per heavy atom. The maximum absolute atomic E-state index is 8.79. The van der Waals surface area contributed by atoms with Crippen molar-refractivity contribution in [3.05, 3.63) is 23.4 Å². The molecular formula is C11H13N3. The van der Waals surface area contributed by atoms with E-state index in [0.717, 1.165) is 23.8 Å². The number of aryl methyl sites for hydroxylation is 1. The molecule has 0 bridgehead atoms. The van der Waals surface area contributed by atoms with Gasteiger partial charge in [-0.3, -0.25) is 0 Å². The largest absolute Gasteiger partial charge is 0.370 e. The second-order valence-corrected chi connectivity index (χ2v) is 3.80. The molecule has 0 radical (unpaired) electrons. The fourth-order valence-electron chi connectivity index (χ4n) is 1.31. The van der Waals surface area contributed by atoms with Crippen LogP contribution in [0.3, 0.4) is 0 Å². The van der Waals surface area contributed by atoms with Crippen molar-refractivity contribution in [2.24, 2.45) is 5.92 Å². The number of rotatable bonds is 3. The predicted molar refractivity (Wildman–Crippen MR) is 54.9 cm³/mol. The van der Waals surface area contributed by atoms with Crippen molar-refractivity contribution in [1.82, 2.24) is 4.98 Å². The van der Waals surface area contributed by atoms with Gasteiger partial charge in [-0.2, -0.15) is 5.26 Å². The molecule has 1 aliphatic carbocycles. The van der Waals surface area contributed by atoms with Crippen LogP contribution in [-0.4, -0.2) is 11.5 Å². The van der Waals surface area contributed by atoms with E-state index in [1.807, 2.05) is 19.1 Å². The Kier molecular flexibility index (Phi) is 2.36. The molecule has 1 saturated carbocycles. The standard InChI is InChI=1S/C11H13N3/c1-8-2-5-11(14-10(8)6-12)13-7-9-3-4-9/h2,5,9H,3-4,7H2,1H3,(H,13,14). The fraction of sp³-hybridized carbons (Fsp3) is 0.455. The summed E-state index contributed by atoms with van der Waals surface area (Å²) in [6.07, 6.45) is 2.65. The van der Waals surface area contributed by atoms with Crippen molar-refractivity contribution >= 4 is 5.82 Å². The van der Waals surface area contributed by atoms with Crippen LogP contribution in [0.4, 0.5) is 5.82 Å². The molecule has 1 fully saturated rings. The predicted octanol–water partition coefficient (Wildman–Crippen LogP) is 2.08. The van der Waals surface area contributed by atoms with Crippen LogP contribution in [-0.2, 0) is 0 Å². The van der Waals surface area contributed by atoms with E-state index in [1.165, 1.54) is 12.8 Å². The highest BCUT2D eigenvalue weighted by Crippen LogP contribution is 2.28.